The van der Waals surface area contributed by atoms with Gasteiger partial charge in [0.15, 0.2) is 17.5 Å². The fourth-order valence-electron chi connectivity index (χ4n) is 2.24. The van der Waals surface area contributed by atoms with Crippen molar-refractivity contribution in [2.24, 2.45) is 5.73 Å². The van der Waals surface area contributed by atoms with Gasteiger partial charge in [0.25, 0.3) is 0 Å². The molecule has 1 aliphatic rings. The minimum atomic E-state index is -1.48. The third-order valence-electron chi connectivity index (χ3n) is 3.24. The molecule has 0 aromatic heterocycles. The summed E-state index contributed by atoms with van der Waals surface area (Å²) in [5.41, 5.74) is 5.47. The Hall–Kier alpha value is -1.92. The number of anilines is 1. The van der Waals surface area contributed by atoms with Gasteiger partial charge >= 0.3 is 6.03 Å². The van der Waals surface area contributed by atoms with Gasteiger partial charge in [-0.3, -0.25) is 0 Å². The second-order valence-electron chi connectivity index (χ2n) is 4.55. The van der Waals surface area contributed by atoms with Crippen molar-refractivity contribution in [2.75, 3.05) is 24.5 Å². The molecule has 0 saturated carbocycles. The molecule has 1 heterocycles. The van der Waals surface area contributed by atoms with Crippen LogP contribution in [0.4, 0.5) is 23.7 Å². The highest BCUT2D eigenvalue weighted by Gasteiger charge is 2.27. The molecule has 1 aromatic carbocycles. The number of rotatable bonds is 1. The summed E-state index contributed by atoms with van der Waals surface area (Å²) in [6.45, 7) is 2.91. The van der Waals surface area contributed by atoms with Crippen LogP contribution >= 0.6 is 0 Å². The van der Waals surface area contributed by atoms with Crippen LogP contribution in [0.5, 0.6) is 0 Å². The normalized spacial score (nSPS) is 19.7. The summed E-state index contributed by atoms with van der Waals surface area (Å²) < 4.78 is 39.2. The first kappa shape index (κ1) is 13.5. The number of nitrogens with zero attached hydrogens (tertiary/aromatic N) is 2. The highest BCUT2D eigenvalue weighted by molar-refractivity contribution is 5.72. The summed E-state index contributed by atoms with van der Waals surface area (Å²) in [7, 11) is 0. The average Bonchev–Trinajstić information content (AvgIpc) is 2.34. The molecule has 0 spiro atoms. The van der Waals surface area contributed by atoms with Gasteiger partial charge in [0, 0.05) is 43.5 Å². The van der Waals surface area contributed by atoms with E-state index in [9.17, 15) is 18.0 Å². The van der Waals surface area contributed by atoms with E-state index >= 15 is 0 Å². The van der Waals surface area contributed by atoms with E-state index in [0.717, 1.165) is 12.1 Å². The Morgan fingerprint density at radius 1 is 1.26 bits per heavy atom. The number of benzene rings is 1. The van der Waals surface area contributed by atoms with Gasteiger partial charge in [0.05, 0.1) is 0 Å². The van der Waals surface area contributed by atoms with E-state index in [1.807, 2.05) is 0 Å². The largest absolute Gasteiger partial charge is 0.368 e. The summed E-state index contributed by atoms with van der Waals surface area (Å²) in [6, 6.07) is 1.20. The zero-order chi connectivity index (χ0) is 14.2. The summed E-state index contributed by atoms with van der Waals surface area (Å²) in [5, 5.41) is 0. The quantitative estimate of drug-likeness (QED) is 0.792. The molecule has 104 valence electrons. The molecule has 19 heavy (non-hydrogen) atoms. The van der Waals surface area contributed by atoms with E-state index in [2.05, 4.69) is 0 Å². The van der Waals surface area contributed by atoms with Crippen molar-refractivity contribution >= 4 is 11.7 Å². The number of nitrogens with two attached hydrogens (primary N) is 1. The van der Waals surface area contributed by atoms with Crippen molar-refractivity contribution in [3.8, 4) is 0 Å². The highest BCUT2D eigenvalue weighted by Crippen LogP contribution is 2.23. The Morgan fingerprint density at radius 2 is 1.84 bits per heavy atom. The third-order valence-corrected chi connectivity index (χ3v) is 3.24. The maximum absolute atomic E-state index is 13.2. The van der Waals surface area contributed by atoms with E-state index in [1.165, 1.54) is 4.90 Å². The molecular formula is C12H14F3N3O. The number of piperazine rings is 1. The summed E-state index contributed by atoms with van der Waals surface area (Å²) in [6.07, 6.45) is 0. The first-order valence-corrected chi connectivity index (χ1v) is 5.85. The lowest BCUT2D eigenvalue weighted by Gasteiger charge is -2.40. The Kier molecular flexibility index (Phi) is 3.55. The maximum Gasteiger partial charge on any atom is 0.315 e. The molecule has 1 aromatic rings. The molecule has 2 rings (SSSR count). The third kappa shape index (κ3) is 2.59. The SMILES string of the molecule is CC1CN(c2cc(F)c(F)c(F)c2)CCN1C(N)=O. The van der Waals surface area contributed by atoms with Crippen LogP contribution in [-0.2, 0) is 0 Å². The Bertz CT molecular complexity index is 486. The molecule has 7 heteroatoms. The van der Waals surface area contributed by atoms with Crippen molar-refractivity contribution < 1.29 is 18.0 Å². The molecule has 0 radical (unpaired) electrons. The molecule has 1 aliphatic heterocycles. The number of carbonyl (C=O) groups is 1. The predicted octanol–water partition coefficient (Wildman–Crippen LogP) is 1.69. The smallest absolute Gasteiger partial charge is 0.315 e. The fraction of sp³-hybridized carbons (Fsp3) is 0.417. The van der Waals surface area contributed by atoms with Gasteiger partial charge in [-0.05, 0) is 6.92 Å². The van der Waals surface area contributed by atoms with Crippen molar-refractivity contribution in [3.63, 3.8) is 0 Å². The zero-order valence-corrected chi connectivity index (χ0v) is 10.4. The summed E-state index contributed by atoms with van der Waals surface area (Å²) in [4.78, 5) is 14.3. The number of urea groups is 1. The number of primary amides is 1. The van der Waals surface area contributed by atoms with Crippen LogP contribution in [0.2, 0.25) is 0 Å². The molecule has 1 fully saturated rings. The molecule has 0 bridgehead atoms. The van der Waals surface area contributed by atoms with Crippen LogP contribution in [0, 0.1) is 17.5 Å². The monoisotopic (exact) mass is 273 g/mol. The van der Waals surface area contributed by atoms with Crippen LogP contribution < -0.4 is 10.6 Å². The first-order chi connectivity index (χ1) is 8.90. The molecule has 1 saturated heterocycles. The van der Waals surface area contributed by atoms with Crippen LogP contribution in [0.1, 0.15) is 6.92 Å². The zero-order valence-electron chi connectivity index (χ0n) is 10.4. The van der Waals surface area contributed by atoms with Crippen molar-refractivity contribution in [2.45, 2.75) is 13.0 Å². The number of carbonyl (C=O) groups excluding carboxylic acids is 1. The highest BCUT2D eigenvalue weighted by atomic mass is 19.2. The minimum Gasteiger partial charge on any atom is -0.368 e. The van der Waals surface area contributed by atoms with E-state index in [0.29, 0.717) is 19.6 Å². The number of halogens is 3. The van der Waals surface area contributed by atoms with Crippen LogP contribution in [-0.4, -0.2) is 36.6 Å². The lowest BCUT2D eigenvalue weighted by Crippen LogP contribution is -2.55. The van der Waals surface area contributed by atoms with Crippen LogP contribution in [0.3, 0.4) is 0 Å². The lowest BCUT2D eigenvalue weighted by molar-refractivity contribution is 0.181. The number of amides is 2. The van der Waals surface area contributed by atoms with Crippen LogP contribution in [0.25, 0.3) is 0 Å². The van der Waals surface area contributed by atoms with E-state index in [4.69, 9.17) is 5.73 Å². The van der Waals surface area contributed by atoms with Crippen LogP contribution in [0.15, 0.2) is 12.1 Å². The van der Waals surface area contributed by atoms with Gasteiger partial charge in [-0.25, -0.2) is 18.0 Å². The van der Waals surface area contributed by atoms with Crippen molar-refractivity contribution in [1.29, 1.82) is 0 Å². The second-order valence-corrected chi connectivity index (χ2v) is 4.55. The van der Waals surface area contributed by atoms with Gasteiger partial charge in [-0.1, -0.05) is 0 Å². The van der Waals surface area contributed by atoms with Gasteiger partial charge in [0.2, 0.25) is 0 Å². The van der Waals surface area contributed by atoms with E-state index < -0.39 is 23.5 Å². The number of hydrogen-bond acceptors (Lipinski definition) is 2. The minimum absolute atomic E-state index is 0.178. The molecule has 4 nitrogen and oxygen atoms in total. The van der Waals surface area contributed by atoms with Gasteiger partial charge in [-0.2, -0.15) is 0 Å². The van der Waals surface area contributed by atoms with Gasteiger partial charge in [-0.15, -0.1) is 0 Å². The molecular weight excluding hydrogens is 259 g/mol. The first-order valence-electron chi connectivity index (χ1n) is 5.85. The average molecular weight is 273 g/mol. The van der Waals surface area contributed by atoms with E-state index in [1.54, 1.807) is 11.8 Å². The molecule has 1 unspecified atom stereocenters. The molecule has 2 amide bonds. The second kappa shape index (κ2) is 4.99. The maximum atomic E-state index is 13.2. The Labute approximate surface area is 108 Å². The predicted molar refractivity (Wildman–Crippen MR) is 64.3 cm³/mol. The van der Waals surface area contributed by atoms with Gasteiger partial charge < -0.3 is 15.5 Å². The molecule has 2 N–H and O–H groups in total. The van der Waals surface area contributed by atoms with E-state index in [-0.39, 0.29) is 11.7 Å². The van der Waals surface area contributed by atoms with Gasteiger partial charge in [0.1, 0.15) is 0 Å². The lowest BCUT2D eigenvalue weighted by atomic mass is 10.1. The Balaban J connectivity index is 2.19. The summed E-state index contributed by atoms with van der Waals surface area (Å²) >= 11 is 0. The molecule has 1 atom stereocenters. The Morgan fingerprint density at radius 3 is 2.32 bits per heavy atom. The van der Waals surface area contributed by atoms with Crippen molar-refractivity contribution in [1.82, 2.24) is 4.90 Å². The molecule has 0 aliphatic carbocycles. The topological polar surface area (TPSA) is 49.6 Å². The number of hydrogen-bond donors (Lipinski definition) is 1. The standard InChI is InChI=1S/C12H14F3N3O/c1-7-6-17(2-3-18(7)12(16)19)8-4-9(13)11(15)10(14)5-8/h4-5,7H,2-3,6H2,1H3,(H2,16,19). The fourth-order valence-corrected chi connectivity index (χ4v) is 2.24. The van der Waals surface area contributed by atoms with Crippen molar-refractivity contribution in [3.05, 3.63) is 29.6 Å². The summed E-state index contributed by atoms with van der Waals surface area (Å²) in [5.74, 6) is -3.92.